The number of ether oxygens (including phenoxy) is 1. The third-order valence-corrected chi connectivity index (χ3v) is 3.90. The van der Waals surface area contributed by atoms with Crippen molar-refractivity contribution < 1.29 is 14.3 Å². The number of amides is 1. The third-order valence-electron chi connectivity index (χ3n) is 2.76. The fraction of sp³-hybridized carbons (Fsp3) is 0.200. The molecule has 4 nitrogen and oxygen atoms in total. The summed E-state index contributed by atoms with van der Waals surface area (Å²) < 4.78 is 4.95. The van der Waals surface area contributed by atoms with Crippen molar-refractivity contribution in [3.05, 3.63) is 52.4 Å². The van der Waals surface area contributed by atoms with Gasteiger partial charge in [0.25, 0.3) is 5.91 Å². The van der Waals surface area contributed by atoms with Crippen molar-refractivity contribution >= 4 is 39.8 Å². The molecule has 1 aromatic heterocycles. The van der Waals surface area contributed by atoms with Gasteiger partial charge in [-0.3, -0.25) is 4.79 Å². The lowest BCUT2D eigenvalue weighted by atomic mass is 10.1. The number of thiophene rings is 1. The van der Waals surface area contributed by atoms with Crippen molar-refractivity contribution in [2.24, 2.45) is 0 Å². The lowest BCUT2D eigenvalue weighted by Crippen LogP contribution is -2.14. The van der Waals surface area contributed by atoms with Crippen LogP contribution >= 0.6 is 22.9 Å². The van der Waals surface area contributed by atoms with Gasteiger partial charge in [0.05, 0.1) is 12.2 Å². The van der Waals surface area contributed by atoms with Crippen molar-refractivity contribution in [1.29, 1.82) is 0 Å². The predicted octanol–water partition coefficient (Wildman–Crippen LogP) is 3.92. The number of carbonyl (C=O) groups is 2. The summed E-state index contributed by atoms with van der Waals surface area (Å²) in [6.45, 7) is 2.03. The summed E-state index contributed by atoms with van der Waals surface area (Å²) in [5.74, 6) is -0.310. The van der Waals surface area contributed by atoms with Gasteiger partial charge in [0.1, 0.15) is 5.00 Å². The van der Waals surface area contributed by atoms with Gasteiger partial charge < -0.3 is 10.1 Å². The molecular weight excluding hydrogens is 310 g/mol. The molecule has 110 valence electrons. The van der Waals surface area contributed by atoms with E-state index < -0.39 is 5.97 Å². The number of hydrogen-bond donors (Lipinski definition) is 1. The van der Waals surface area contributed by atoms with E-state index in [1.165, 1.54) is 11.3 Å². The van der Waals surface area contributed by atoms with Crippen molar-refractivity contribution in [2.75, 3.05) is 11.9 Å². The second kappa shape index (κ2) is 7.24. The maximum Gasteiger partial charge on any atom is 0.341 e. The highest BCUT2D eigenvalue weighted by Gasteiger charge is 2.16. The van der Waals surface area contributed by atoms with E-state index in [0.717, 1.165) is 5.56 Å². The van der Waals surface area contributed by atoms with E-state index in [2.05, 4.69) is 5.32 Å². The van der Waals surface area contributed by atoms with Gasteiger partial charge >= 0.3 is 5.97 Å². The second-order valence-corrected chi connectivity index (χ2v) is 5.35. The summed E-state index contributed by atoms with van der Waals surface area (Å²) >= 11 is 6.99. The van der Waals surface area contributed by atoms with Crippen LogP contribution in [0.25, 0.3) is 0 Å². The van der Waals surface area contributed by atoms with Gasteiger partial charge in [-0.2, -0.15) is 0 Å². The number of carbonyl (C=O) groups excluding carboxylic acids is 2. The first kappa shape index (κ1) is 15.5. The highest BCUT2D eigenvalue weighted by molar-refractivity contribution is 7.14. The van der Waals surface area contributed by atoms with Gasteiger partial charge in [0.2, 0.25) is 0 Å². The Morgan fingerprint density at radius 3 is 2.57 bits per heavy atom. The number of alkyl halides is 1. The highest BCUT2D eigenvalue weighted by Crippen LogP contribution is 2.24. The molecule has 1 heterocycles. The first-order valence-corrected chi connectivity index (χ1v) is 7.78. The minimum absolute atomic E-state index is 0.274. The molecule has 21 heavy (non-hydrogen) atoms. The lowest BCUT2D eigenvalue weighted by Gasteiger charge is -2.06. The van der Waals surface area contributed by atoms with Gasteiger partial charge in [0.15, 0.2) is 0 Å². The van der Waals surface area contributed by atoms with Crippen LogP contribution in [0.3, 0.4) is 0 Å². The van der Waals surface area contributed by atoms with Gasteiger partial charge in [-0.1, -0.05) is 12.1 Å². The van der Waals surface area contributed by atoms with Gasteiger partial charge in [-0.25, -0.2) is 4.79 Å². The van der Waals surface area contributed by atoms with Crippen molar-refractivity contribution in [2.45, 2.75) is 12.8 Å². The molecule has 1 aromatic carbocycles. The molecule has 1 amide bonds. The molecular formula is C15H14ClNO3S. The second-order valence-electron chi connectivity index (χ2n) is 4.17. The Bertz CT molecular complexity index is 637. The van der Waals surface area contributed by atoms with E-state index in [4.69, 9.17) is 16.3 Å². The molecule has 6 heteroatoms. The largest absolute Gasteiger partial charge is 0.462 e. The predicted molar refractivity (Wildman–Crippen MR) is 84.2 cm³/mol. The number of benzene rings is 1. The topological polar surface area (TPSA) is 55.4 Å². The van der Waals surface area contributed by atoms with Crippen molar-refractivity contribution in [3.8, 4) is 0 Å². The zero-order valence-electron chi connectivity index (χ0n) is 11.4. The van der Waals surface area contributed by atoms with E-state index >= 15 is 0 Å². The molecule has 1 N–H and O–H groups in total. The van der Waals surface area contributed by atoms with Crippen molar-refractivity contribution in [3.63, 3.8) is 0 Å². The van der Waals surface area contributed by atoms with E-state index in [-0.39, 0.29) is 5.91 Å². The number of anilines is 1. The number of nitrogens with one attached hydrogen (secondary N) is 1. The molecule has 0 saturated heterocycles. The fourth-order valence-corrected chi connectivity index (χ4v) is 2.64. The minimum Gasteiger partial charge on any atom is -0.462 e. The van der Waals surface area contributed by atoms with E-state index in [1.807, 2.05) is 0 Å². The Morgan fingerprint density at radius 2 is 1.95 bits per heavy atom. The number of rotatable bonds is 5. The smallest absolute Gasteiger partial charge is 0.341 e. The maximum absolute atomic E-state index is 12.2. The molecule has 0 bridgehead atoms. The minimum atomic E-state index is -0.438. The standard InChI is InChI=1S/C15H14ClNO3S/c1-2-20-15(19)12-7-8-21-14(12)17-13(18)11-5-3-10(9-16)4-6-11/h3-8H,2,9H2,1H3,(H,17,18). The summed E-state index contributed by atoms with van der Waals surface area (Å²) in [6, 6.07) is 8.62. The summed E-state index contributed by atoms with van der Waals surface area (Å²) in [7, 11) is 0. The molecule has 0 aliphatic heterocycles. The van der Waals surface area contributed by atoms with Crippen LogP contribution in [0.2, 0.25) is 0 Å². The Balaban J connectivity index is 2.12. The molecule has 0 radical (unpaired) electrons. The molecule has 2 aromatic rings. The normalized spacial score (nSPS) is 10.2. The van der Waals surface area contributed by atoms with Crippen LogP contribution in [0.1, 0.15) is 33.2 Å². The highest BCUT2D eigenvalue weighted by atomic mass is 35.5. The van der Waals surface area contributed by atoms with Gasteiger partial charge in [-0.15, -0.1) is 22.9 Å². The Morgan fingerprint density at radius 1 is 1.24 bits per heavy atom. The maximum atomic E-state index is 12.2. The Labute approximate surface area is 131 Å². The van der Waals surface area contributed by atoms with Crippen LogP contribution in [-0.2, 0) is 10.6 Å². The van der Waals surface area contributed by atoms with E-state index in [9.17, 15) is 9.59 Å². The van der Waals surface area contributed by atoms with E-state index in [0.29, 0.717) is 28.6 Å². The molecule has 0 saturated carbocycles. The molecule has 0 atom stereocenters. The van der Waals surface area contributed by atoms with Gasteiger partial charge in [0, 0.05) is 11.4 Å². The molecule has 0 aliphatic carbocycles. The molecule has 0 fully saturated rings. The third kappa shape index (κ3) is 3.83. The monoisotopic (exact) mass is 323 g/mol. The SMILES string of the molecule is CCOC(=O)c1ccsc1NC(=O)c1ccc(CCl)cc1. The van der Waals surface area contributed by atoms with Crippen LogP contribution in [0.4, 0.5) is 5.00 Å². The summed E-state index contributed by atoms with van der Waals surface area (Å²) in [5, 5.41) is 4.95. The van der Waals surface area contributed by atoms with Crippen LogP contribution in [0.15, 0.2) is 35.7 Å². The quantitative estimate of drug-likeness (QED) is 0.670. The van der Waals surface area contributed by atoms with E-state index in [1.54, 1.807) is 42.6 Å². The molecule has 0 spiro atoms. The van der Waals surface area contributed by atoms with Crippen LogP contribution < -0.4 is 5.32 Å². The Hall–Kier alpha value is -1.85. The molecule has 0 aliphatic rings. The Kier molecular flexibility index (Phi) is 5.36. The molecule has 2 rings (SSSR count). The summed E-state index contributed by atoms with van der Waals surface area (Å²) in [6.07, 6.45) is 0. The van der Waals surface area contributed by atoms with Crippen LogP contribution in [0.5, 0.6) is 0 Å². The van der Waals surface area contributed by atoms with Crippen molar-refractivity contribution in [1.82, 2.24) is 0 Å². The average Bonchev–Trinajstić information content (AvgIpc) is 2.95. The summed E-state index contributed by atoms with van der Waals surface area (Å²) in [4.78, 5) is 23.9. The number of hydrogen-bond acceptors (Lipinski definition) is 4. The number of esters is 1. The first-order valence-electron chi connectivity index (χ1n) is 6.36. The molecule has 0 unspecified atom stereocenters. The van der Waals surface area contributed by atoms with Gasteiger partial charge in [-0.05, 0) is 36.1 Å². The lowest BCUT2D eigenvalue weighted by molar-refractivity contribution is 0.0528. The number of halogens is 1. The first-order chi connectivity index (χ1) is 10.2. The zero-order valence-corrected chi connectivity index (χ0v) is 13.0. The van der Waals surface area contributed by atoms with Crippen LogP contribution in [0, 0.1) is 0 Å². The summed E-state index contributed by atoms with van der Waals surface area (Å²) in [5.41, 5.74) is 1.82. The average molecular weight is 324 g/mol. The fourth-order valence-electron chi connectivity index (χ4n) is 1.70. The van der Waals surface area contributed by atoms with Crippen LogP contribution in [-0.4, -0.2) is 18.5 Å². The zero-order chi connectivity index (χ0) is 15.2.